The molecule has 1 atom stereocenters. The second-order valence-corrected chi connectivity index (χ2v) is 4.17. The van der Waals surface area contributed by atoms with Crippen LogP contribution in [0.4, 0.5) is 0 Å². The van der Waals surface area contributed by atoms with Gasteiger partial charge in [-0.3, -0.25) is 0 Å². The highest BCUT2D eigenvalue weighted by Gasteiger charge is 2.32. The Balaban J connectivity index is 2.30. The van der Waals surface area contributed by atoms with Crippen molar-refractivity contribution in [1.29, 1.82) is 5.26 Å². The number of piperidine rings is 1. The van der Waals surface area contributed by atoms with Crippen molar-refractivity contribution in [2.24, 2.45) is 0 Å². The fourth-order valence-corrected chi connectivity index (χ4v) is 2.36. The zero-order valence-corrected chi connectivity index (χ0v) is 8.87. The summed E-state index contributed by atoms with van der Waals surface area (Å²) in [7, 11) is 0. The van der Waals surface area contributed by atoms with E-state index in [2.05, 4.69) is 23.5 Å². The van der Waals surface area contributed by atoms with Gasteiger partial charge < -0.3 is 5.32 Å². The molecule has 1 aliphatic heterocycles. The topological polar surface area (TPSA) is 35.8 Å². The number of nitrogens with one attached hydrogen (secondary N) is 1. The predicted molar refractivity (Wildman–Crippen MR) is 60.2 cm³/mol. The monoisotopic (exact) mass is 200 g/mol. The second kappa shape index (κ2) is 4.46. The highest BCUT2D eigenvalue weighted by atomic mass is 15.0. The lowest BCUT2D eigenvalue weighted by Gasteiger charge is -2.37. The van der Waals surface area contributed by atoms with E-state index in [-0.39, 0.29) is 5.54 Å². The molecular weight excluding hydrogens is 184 g/mol. The van der Waals surface area contributed by atoms with Gasteiger partial charge in [0.05, 0.1) is 18.0 Å². The number of hydrogen-bond donors (Lipinski definition) is 1. The third kappa shape index (κ3) is 2.03. The summed E-state index contributed by atoms with van der Waals surface area (Å²) in [5.74, 6) is 0. The Hall–Kier alpha value is -1.33. The molecule has 1 saturated heterocycles. The van der Waals surface area contributed by atoms with Crippen molar-refractivity contribution < 1.29 is 0 Å². The van der Waals surface area contributed by atoms with Crippen LogP contribution in [-0.4, -0.2) is 6.54 Å². The summed E-state index contributed by atoms with van der Waals surface area (Å²) in [6, 6.07) is 12.7. The number of rotatable bonds is 2. The molecule has 2 nitrogen and oxygen atoms in total. The molecule has 0 radical (unpaired) electrons. The average Bonchev–Trinajstić information content (AvgIpc) is 2.32. The van der Waals surface area contributed by atoms with Gasteiger partial charge in [-0.05, 0) is 31.4 Å². The molecule has 0 amide bonds. The zero-order valence-electron chi connectivity index (χ0n) is 8.87. The van der Waals surface area contributed by atoms with Crippen molar-refractivity contribution >= 4 is 0 Å². The van der Waals surface area contributed by atoms with Crippen LogP contribution in [0, 0.1) is 11.3 Å². The van der Waals surface area contributed by atoms with E-state index in [0.29, 0.717) is 6.42 Å². The summed E-state index contributed by atoms with van der Waals surface area (Å²) in [5.41, 5.74) is 1.17. The molecule has 0 aliphatic carbocycles. The maximum absolute atomic E-state index is 8.96. The molecule has 1 aromatic rings. The summed E-state index contributed by atoms with van der Waals surface area (Å²) in [6.07, 6.45) is 4.07. The van der Waals surface area contributed by atoms with Crippen LogP contribution >= 0.6 is 0 Å². The van der Waals surface area contributed by atoms with Gasteiger partial charge in [0.1, 0.15) is 0 Å². The first-order valence-electron chi connectivity index (χ1n) is 5.55. The quantitative estimate of drug-likeness (QED) is 0.796. The maximum atomic E-state index is 8.96. The van der Waals surface area contributed by atoms with E-state index in [1.807, 2.05) is 18.2 Å². The molecule has 0 bridgehead atoms. The zero-order chi connectivity index (χ0) is 10.6. The van der Waals surface area contributed by atoms with Crippen LogP contribution in [0.15, 0.2) is 30.3 Å². The molecule has 1 fully saturated rings. The lowest BCUT2D eigenvalue weighted by Crippen LogP contribution is -2.45. The molecule has 1 N–H and O–H groups in total. The first-order chi connectivity index (χ1) is 7.37. The Labute approximate surface area is 90.9 Å². The molecular formula is C13H16N2. The minimum atomic E-state index is -0.0890. The molecule has 0 saturated carbocycles. The SMILES string of the molecule is N#CCC1(c2ccccc2)CCCCN1. The highest BCUT2D eigenvalue weighted by molar-refractivity contribution is 5.26. The maximum Gasteiger partial charge on any atom is 0.0644 e. The van der Waals surface area contributed by atoms with Crippen LogP contribution < -0.4 is 5.32 Å². The van der Waals surface area contributed by atoms with Crippen molar-refractivity contribution in [2.75, 3.05) is 6.54 Å². The van der Waals surface area contributed by atoms with Gasteiger partial charge in [0.2, 0.25) is 0 Å². The number of benzene rings is 1. The van der Waals surface area contributed by atoms with Crippen molar-refractivity contribution in [2.45, 2.75) is 31.2 Å². The average molecular weight is 200 g/mol. The lowest BCUT2D eigenvalue weighted by molar-refractivity contribution is 0.262. The van der Waals surface area contributed by atoms with Gasteiger partial charge >= 0.3 is 0 Å². The van der Waals surface area contributed by atoms with Gasteiger partial charge in [0.15, 0.2) is 0 Å². The molecule has 1 aromatic carbocycles. The van der Waals surface area contributed by atoms with Crippen LogP contribution in [0.5, 0.6) is 0 Å². The van der Waals surface area contributed by atoms with E-state index in [1.165, 1.54) is 18.4 Å². The minimum absolute atomic E-state index is 0.0890. The van der Waals surface area contributed by atoms with Gasteiger partial charge in [-0.2, -0.15) is 5.26 Å². The third-order valence-corrected chi connectivity index (χ3v) is 3.20. The van der Waals surface area contributed by atoms with E-state index in [1.54, 1.807) is 0 Å². The fraction of sp³-hybridized carbons (Fsp3) is 0.462. The van der Waals surface area contributed by atoms with Crippen LogP contribution in [0.25, 0.3) is 0 Å². The third-order valence-electron chi connectivity index (χ3n) is 3.20. The first kappa shape index (κ1) is 10.2. The Morgan fingerprint density at radius 2 is 2.07 bits per heavy atom. The van der Waals surface area contributed by atoms with E-state index in [9.17, 15) is 0 Å². The second-order valence-electron chi connectivity index (χ2n) is 4.17. The molecule has 78 valence electrons. The summed E-state index contributed by atoms with van der Waals surface area (Å²) in [6.45, 7) is 1.02. The van der Waals surface area contributed by atoms with Gasteiger partial charge in [-0.1, -0.05) is 30.3 Å². The van der Waals surface area contributed by atoms with Crippen LogP contribution in [-0.2, 0) is 5.54 Å². The van der Waals surface area contributed by atoms with E-state index >= 15 is 0 Å². The van der Waals surface area contributed by atoms with Crippen molar-refractivity contribution in [1.82, 2.24) is 5.32 Å². The van der Waals surface area contributed by atoms with Gasteiger partial charge in [-0.15, -0.1) is 0 Å². The normalized spacial score (nSPS) is 25.8. The molecule has 1 unspecified atom stereocenters. The highest BCUT2D eigenvalue weighted by Crippen LogP contribution is 2.32. The lowest BCUT2D eigenvalue weighted by atomic mass is 9.80. The number of nitrogens with zero attached hydrogens (tertiary/aromatic N) is 1. The van der Waals surface area contributed by atoms with Gasteiger partial charge in [0.25, 0.3) is 0 Å². The van der Waals surface area contributed by atoms with Crippen molar-refractivity contribution in [3.05, 3.63) is 35.9 Å². The molecule has 2 rings (SSSR count). The predicted octanol–water partition coefficient (Wildman–Crippen LogP) is 2.57. The van der Waals surface area contributed by atoms with Crippen LogP contribution in [0.2, 0.25) is 0 Å². The van der Waals surface area contributed by atoms with Crippen molar-refractivity contribution in [3.63, 3.8) is 0 Å². The molecule has 0 spiro atoms. The fourth-order valence-electron chi connectivity index (χ4n) is 2.36. The minimum Gasteiger partial charge on any atom is -0.307 e. The molecule has 0 aromatic heterocycles. The first-order valence-corrected chi connectivity index (χ1v) is 5.55. The standard InChI is InChI=1S/C13H16N2/c14-10-9-13(8-4-5-11-15-13)12-6-2-1-3-7-12/h1-3,6-7,15H,4-5,8-9,11H2. The summed E-state index contributed by atoms with van der Waals surface area (Å²) >= 11 is 0. The number of nitriles is 1. The Morgan fingerprint density at radius 1 is 1.27 bits per heavy atom. The molecule has 15 heavy (non-hydrogen) atoms. The molecule has 2 heteroatoms. The van der Waals surface area contributed by atoms with E-state index in [0.717, 1.165) is 13.0 Å². The summed E-state index contributed by atoms with van der Waals surface area (Å²) in [5, 5.41) is 12.5. The van der Waals surface area contributed by atoms with Crippen LogP contribution in [0.1, 0.15) is 31.2 Å². The van der Waals surface area contributed by atoms with Gasteiger partial charge in [0, 0.05) is 0 Å². The summed E-state index contributed by atoms with van der Waals surface area (Å²) < 4.78 is 0. The van der Waals surface area contributed by atoms with Gasteiger partial charge in [-0.25, -0.2) is 0 Å². The Bertz CT molecular complexity index is 345. The molecule has 1 heterocycles. The van der Waals surface area contributed by atoms with E-state index < -0.39 is 0 Å². The molecule has 1 aliphatic rings. The Morgan fingerprint density at radius 3 is 2.67 bits per heavy atom. The summed E-state index contributed by atoms with van der Waals surface area (Å²) in [4.78, 5) is 0. The van der Waals surface area contributed by atoms with Crippen molar-refractivity contribution in [3.8, 4) is 6.07 Å². The van der Waals surface area contributed by atoms with Crippen LogP contribution in [0.3, 0.4) is 0 Å². The smallest absolute Gasteiger partial charge is 0.0644 e. The van der Waals surface area contributed by atoms with E-state index in [4.69, 9.17) is 5.26 Å². The number of hydrogen-bond acceptors (Lipinski definition) is 2. The largest absolute Gasteiger partial charge is 0.307 e. The Kier molecular flexibility index (Phi) is 3.03.